The van der Waals surface area contributed by atoms with Crippen LogP contribution in [0.15, 0.2) is 42.3 Å². The summed E-state index contributed by atoms with van der Waals surface area (Å²) in [6.45, 7) is 0. The van der Waals surface area contributed by atoms with Gasteiger partial charge in [-0.1, -0.05) is 0 Å². The fraction of sp³-hybridized carbons (Fsp3) is 0.222. The average molecular weight is 355 g/mol. The summed E-state index contributed by atoms with van der Waals surface area (Å²) in [5.41, 5.74) is 1.33. The molecule has 0 amide bonds. The van der Waals surface area contributed by atoms with Crippen LogP contribution in [0, 0.1) is 5.82 Å². The van der Waals surface area contributed by atoms with Crippen molar-refractivity contribution in [2.75, 3.05) is 0 Å². The standard InChI is InChI=1S/C18H14FN3O2S/c19-13-3-12(4-14(5-13)24-15-7-20-10-21-8-15)17(23)6-18-22-16(9-25-18)11-1-2-11/h3-5,7-11H,1-2,6H2. The van der Waals surface area contributed by atoms with Gasteiger partial charge in [-0.15, -0.1) is 11.3 Å². The first-order chi connectivity index (χ1) is 12.2. The Morgan fingerprint density at radius 2 is 2.00 bits per heavy atom. The molecule has 1 aromatic carbocycles. The number of halogens is 1. The second-order valence-corrected chi connectivity index (χ2v) is 6.83. The number of carbonyl (C=O) groups excluding carboxylic acids is 1. The molecule has 2 aromatic heterocycles. The number of hydrogen-bond acceptors (Lipinski definition) is 6. The maximum absolute atomic E-state index is 13.9. The molecule has 7 heteroatoms. The summed E-state index contributed by atoms with van der Waals surface area (Å²) < 4.78 is 19.4. The van der Waals surface area contributed by atoms with Crippen LogP contribution in [0.5, 0.6) is 11.5 Å². The van der Waals surface area contributed by atoms with Gasteiger partial charge in [0.05, 0.1) is 24.5 Å². The minimum absolute atomic E-state index is 0.161. The van der Waals surface area contributed by atoms with Gasteiger partial charge >= 0.3 is 0 Å². The fourth-order valence-electron chi connectivity index (χ4n) is 2.47. The Bertz CT molecular complexity index is 910. The number of aromatic nitrogens is 3. The van der Waals surface area contributed by atoms with Gasteiger partial charge in [-0.25, -0.2) is 19.3 Å². The van der Waals surface area contributed by atoms with Crippen LogP contribution in [0.3, 0.4) is 0 Å². The Balaban J connectivity index is 1.51. The Morgan fingerprint density at radius 1 is 1.20 bits per heavy atom. The normalized spacial score (nSPS) is 13.6. The van der Waals surface area contributed by atoms with Crippen LogP contribution in [0.25, 0.3) is 0 Å². The smallest absolute Gasteiger partial charge is 0.169 e. The molecule has 0 spiro atoms. The van der Waals surface area contributed by atoms with Gasteiger partial charge in [0.1, 0.15) is 22.9 Å². The fourth-order valence-corrected chi connectivity index (χ4v) is 3.34. The predicted octanol–water partition coefficient (Wildman–Crippen LogP) is 4.17. The summed E-state index contributed by atoms with van der Waals surface area (Å²) in [5, 5.41) is 2.77. The molecule has 5 nitrogen and oxygen atoms in total. The quantitative estimate of drug-likeness (QED) is 0.621. The van der Waals surface area contributed by atoms with Gasteiger partial charge in [0.2, 0.25) is 0 Å². The molecule has 3 aromatic rings. The first-order valence-corrected chi connectivity index (χ1v) is 8.76. The zero-order valence-electron chi connectivity index (χ0n) is 13.2. The van der Waals surface area contributed by atoms with E-state index in [-0.39, 0.29) is 23.5 Å². The van der Waals surface area contributed by atoms with Crippen LogP contribution < -0.4 is 4.74 Å². The zero-order chi connectivity index (χ0) is 17.2. The average Bonchev–Trinajstić information content (AvgIpc) is 3.35. The first-order valence-electron chi connectivity index (χ1n) is 7.88. The van der Waals surface area contributed by atoms with Gasteiger partial charge in [-0.2, -0.15) is 0 Å². The molecule has 1 saturated carbocycles. The lowest BCUT2D eigenvalue weighted by Crippen LogP contribution is -2.04. The summed E-state index contributed by atoms with van der Waals surface area (Å²) in [4.78, 5) is 24.7. The largest absolute Gasteiger partial charge is 0.454 e. The molecule has 25 heavy (non-hydrogen) atoms. The van der Waals surface area contributed by atoms with Crippen LogP contribution in [-0.4, -0.2) is 20.7 Å². The van der Waals surface area contributed by atoms with Gasteiger partial charge < -0.3 is 4.74 Å². The minimum Gasteiger partial charge on any atom is -0.454 e. The van der Waals surface area contributed by atoms with E-state index in [9.17, 15) is 9.18 Å². The number of carbonyl (C=O) groups is 1. The highest BCUT2D eigenvalue weighted by Crippen LogP contribution is 2.40. The number of ketones is 1. The second-order valence-electron chi connectivity index (χ2n) is 5.89. The zero-order valence-corrected chi connectivity index (χ0v) is 14.0. The van der Waals surface area contributed by atoms with Crippen molar-refractivity contribution in [1.29, 1.82) is 0 Å². The van der Waals surface area contributed by atoms with Gasteiger partial charge in [-0.3, -0.25) is 4.79 Å². The van der Waals surface area contributed by atoms with Gasteiger partial charge in [0, 0.05) is 22.9 Å². The lowest BCUT2D eigenvalue weighted by atomic mass is 10.1. The first kappa shape index (κ1) is 15.8. The summed E-state index contributed by atoms with van der Waals surface area (Å²) >= 11 is 1.48. The van der Waals surface area contributed by atoms with Crippen molar-refractivity contribution < 1.29 is 13.9 Å². The molecule has 0 aliphatic heterocycles. The van der Waals surface area contributed by atoms with Crippen LogP contribution in [0.2, 0.25) is 0 Å². The number of ether oxygens (including phenoxy) is 1. The number of benzene rings is 1. The molecule has 0 bridgehead atoms. The van der Waals surface area contributed by atoms with Crippen LogP contribution in [0.4, 0.5) is 4.39 Å². The van der Waals surface area contributed by atoms with Crippen molar-refractivity contribution in [1.82, 2.24) is 15.0 Å². The molecular formula is C18H14FN3O2S. The molecule has 0 atom stereocenters. The molecule has 4 rings (SSSR count). The van der Waals surface area contributed by atoms with E-state index in [1.807, 2.05) is 5.38 Å². The molecule has 1 aliphatic carbocycles. The lowest BCUT2D eigenvalue weighted by Gasteiger charge is -2.07. The molecule has 1 fully saturated rings. The molecule has 1 aliphatic rings. The summed E-state index contributed by atoms with van der Waals surface area (Å²) in [5.74, 6) is 0.444. The van der Waals surface area contributed by atoms with Crippen LogP contribution in [0.1, 0.15) is 39.8 Å². The Kier molecular flexibility index (Phi) is 4.23. The number of Topliss-reactive ketones (excluding diaryl/α,β-unsaturated/α-hetero) is 1. The maximum atomic E-state index is 13.9. The molecule has 0 unspecified atom stereocenters. The summed E-state index contributed by atoms with van der Waals surface area (Å²) in [6, 6.07) is 3.96. The molecule has 0 N–H and O–H groups in total. The molecule has 126 valence electrons. The van der Waals surface area contributed by atoms with E-state index in [2.05, 4.69) is 15.0 Å². The third-order valence-corrected chi connectivity index (χ3v) is 4.71. The summed E-state index contributed by atoms with van der Waals surface area (Å²) in [7, 11) is 0. The number of thiazole rings is 1. The molecular weight excluding hydrogens is 341 g/mol. The van der Waals surface area contributed by atoms with Crippen molar-refractivity contribution in [2.45, 2.75) is 25.2 Å². The highest BCUT2D eigenvalue weighted by Gasteiger charge is 2.26. The van der Waals surface area contributed by atoms with E-state index >= 15 is 0 Å². The minimum atomic E-state index is -0.532. The number of nitrogens with zero attached hydrogens (tertiary/aromatic N) is 3. The van der Waals surface area contributed by atoms with E-state index < -0.39 is 5.82 Å². The topological polar surface area (TPSA) is 65.0 Å². The second kappa shape index (κ2) is 6.68. The predicted molar refractivity (Wildman–Crippen MR) is 90.6 cm³/mol. The molecule has 0 radical (unpaired) electrons. The Morgan fingerprint density at radius 3 is 2.76 bits per heavy atom. The van der Waals surface area contributed by atoms with Gasteiger partial charge in [0.25, 0.3) is 0 Å². The Labute approximate surface area is 147 Å². The van der Waals surface area contributed by atoms with E-state index in [0.29, 0.717) is 11.7 Å². The molecule has 0 saturated heterocycles. The van der Waals surface area contributed by atoms with Crippen molar-refractivity contribution >= 4 is 17.1 Å². The van der Waals surface area contributed by atoms with E-state index in [1.165, 1.54) is 61.1 Å². The Hall–Kier alpha value is -2.67. The van der Waals surface area contributed by atoms with Crippen molar-refractivity contribution in [2.24, 2.45) is 0 Å². The number of hydrogen-bond donors (Lipinski definition) is 0. The third kappa shape index (κ3) is 3.88. The van der Waals surface area contributed by atoms with Gasteiger partial charge in [0.15, 0.2) is 11.5 Å². The maximum Gasteiger partial charge on any atom is 0.169 e. The third-order valence-electron chi connectivity index (χ3n) is 3.84. The van der Waals surface area contributed by atoms with E-state index in [0.717, 1.165) is 10.7 Å². The lowest BCUT2D eigenvalue weighted by molar-refractivity contribution is 0.0992. The number of rotatable bonds is 6. The van der Waals surface area contributed by atoms with Crippen molar-refractivity contribution in [3.63, 3.8) is 0 Å². The van der Waals surface area contributed by atoms with E-state index in [4.69, 9.17) is 4.74 Å². The highest BCUT2D eigenvalue weighted by molar-refractivity contribution is 7.09. The van der Waals surface area contributed by atoms with E-state index in [1.54, 1.807) is 0 Å². The van der Waals surface area contributed by atoms with Crippen molar-refractivity contribution in [3.8, 4) is 11.5 Å². The monoisotopic (exact) mass is 355 g/mol. The van der Waals surface area contributed by atoms with Crippen LogP contribution >= 0.6 is 11.3 Å². The SMILES string of the molecule is O=C(Cc1nc(C2CC2)cs1)c1cc(F)cc(Oc2cncnc2)c1. The summed E-state index contributed by atoms with van der Waals surface area (Å²) in [6.07, 6.45) is 6.81. The van der Waals surface area contributed by atoms with Crippen molar-refractivity contribution in [3.05, 3.63) is 64.4 Å². The van der Waals surface area contributed by atoms with Gasteiger partial charge in [-0.05, 0) is 25.0 Å². The molecule has 2 heterocycles. The highest BCUT2D eigenvalue weighted by atomic mass is 32.1. The van der Waals surface area contributed by atoms with Crippen LogP contribution in [-0.2, 0) is 6.42 Å².